The van der Waals surface area contributed by atoms with Crippen molar-refractivity contribution < 1.29 is 14.7 Å². The molecule has 3 N–H and O–H groups in total. The first-order valence-electron chi connectivity index (χ1n) is 6.32. The second-order valence-electron chi connectivity index (χ2n) is 5.21. The molecule has 1 fully saturated rings. The molecule has 0 aliphatic heterocycles. The number of rotatable bonds is 5. The Morgan fingerprint density at radius 1 is 1.33 bits per heavy atom. The van der Waals surface area contributed by atoms with Gasteiger partial charge in [0.1, 0.15) is 6.04 Å². The lowest BCUT2D eigenvalue weighted by Crippen LogP contribution is -2.54. The molecular weight excluding hydrogens is 234 g/mol. The van der Waals surface area contributed by atoms with E-state index in [1.807, 2.05) is 14.1 Å². The Morgan fingerprint density at radius 2 is 1.89 bits per heavy atom. The van der Waals surface area contributed by atoms with Crippen LogP contribution < -0.4 is 10.6 Å². The van der Waals surface area contributed by atoms with Crippen LogP contribution in [0.15, 0.2) is 0 Å². The van der Waals surface area contributed by atoms with Crippen molar-refractivity contribution in [1.82, 2.24) is 15.5 Å². The maximum Gasteiger partial charge on any atom is 0.325 e. The average Bonchev–Trinajstić information content (AvgIpc) is 2.76. The van der Waals surface area contributed by atoms with Gasteiger partial charge in [0, 0.05) is 12.1 Å². The van der Waals surface area contributed by atoms with Gasteiger partial charge in [-0.05, 0) is 33.9 Å². The minimum Gasteiger partial charge on any atom is -0.480 e. The Bertz CT molecular complexity index is 312. The number of hydrogen-bond donors (Lipinski definition) is 3. The van der Waals surface area contributed by atoms with Crippen LogP contribution in [-0.2, 0) is 4.79 Å². The van der Waals surface area contributed by atoms with E-state index in [0.717, 1.165) is 12.8 Å². The highest BCUT2D eigenvalue weighted by Crippen LogP contribution is 2.32. The molecule has 6 heteroatoms. The third-order valence-corrected chi connectivity index (χ3v) is 3.78. The maximum absolute atomic E-state index is 11.6. The fourth-order valence-corrected chi connectivity index (χ4v) is 2.37. The van der Waals surface area contributed by atoms with Crippen LogP contribution >= 0.6 is 0 Å². The van der Waals surface area contributed by atoms with Gasteiger partial charge in [-0.1, -0.05) is 12.8 Å². The Kier molecular flexibility index (Phi) is 4.95. The highest BCUT2D eigenvalue weighted by molar-refractivity contribution is 5.82. The van der Waals surface area contributed by atoms with Crippen molar-refractivity contribution in [2.75, 3.05) is 20.6 Å². The molecule has 1 atom stereocenters. The predicted molar refractivity (Wildman–Crippen MR) is 68.5 cm³/mol. The number of likely N-dealkylation sites (N-methyl/N-ethyl adjacent to an activating group) is 1. The minimum absolute atomic E-state index is 0.0177. The van der Waals surface area contributed by atoms with Gasteiger partial charge in [-0.15, -0.1) is 0 Å². The van der Waals surface area contributed by atoms with Gasteiger partial charge in [-0.3, -0.25) is 4.79 Å². The van der Waals surface area contributed by atoms with Gasteiger partial charge in [0.15, 0.2) is 0 Å². The van der Waals surface area contributed by atoms with Crippen molar-refractivity contribution in [3.63, 3.8) is 0 Å². The highest BCUT2D eigenvalue weighted by Gasteiger charge is 2.36. The Balaban J connectivity index is 2.43. The molecule has 1 aliphatic carbocycles. The largest absolute Gasteiger partial charge is 0.480 e. The van der Waals surface area contributed by atoms with Crippen molar-refractivity contribution in [2.24, 2.45) is 0 Å². The molecule has 0 heterocycles. The van der Waals surface area contributed by atoms with Crippen LogP contribution in [0.25, 0.3) is 0 Å². The van der Waals surface area contributed by atoms with Crippen molar-refractivity contribution in [3.05, 3.63) is 0 Å². The van der Waals surface area contributed by atoms with E-state index in [-0.39, 0.29) is 5.54 Å². The van der Waals surface area contributed by atoms with Gasteiger partial charge >= 0.3 is 12.0 Å². The van der Waals surface area contributed by atoms with Crippen molar-refractivity contribution in [3.8, 4) is 0 Å². The van der Waals surface area contributed by atoms with Crippen LogP contribution in [0.1, 0.15) is 32.6 Å². The van der Waals surface area contributed by atoms with E-state index in [0.29, 0.717) is 6.54 Å². The van der Waals surface area contributed by atoms with Crippen molar-refractivity contribution in [2.45, 2.75) is 44.2 Å². The van der Waals surface area contributed by atoms with E-state index in [1.54, 1.807) is 0 Å². The number of urea groups is 1. The number of nitrogens with one attached hydrogen (secondary N) is 2. The monoisotopic (exact) mass is 257 g/mol. The lowest BCUT2D eigenvalue weighted by Gasteiger charge is -2.36. The molecule has 0 bridgehead atoms. The normalized spacial score (nSPS) is 19.6. The molecule has 0 aromatic rings. The molecular formula is C12H23N3O3. The number of carboxylic acid groups (broad SMARTS) is 1. The van der Waals surface area contributed by atoms with Gasteiger partial charge in [0.25, 0.3) is 0 Å². The third kappa shape index (κ3) is 3.60. The van der Waals surface area contributed by atoms with Crippen LogP contribution in [0.3, 0.4) is 0 Å². The summed E-state index contributed by atoms with van der Waals surface area (Å²) in [4.78, 5) is 24.3. The van der Waals surface area contributed by atoms with E-state index < -0.39 is 18.0 Å². The molecule has 104 valence electrons. The topological polar surface area (TPSA) is 81.7 Å². The number of aliphatic carboxylic acids is 1. The first-order valence-corrected chi connectivity index (χ1v) is 6.32. The zero-order valence-electron chi connectivity index (χ0n) is 11.3. The van der Waals surface area contributed by atoms with Crippen LogP contribution in [0.5, 0.6) is 0 Å². The van der Waals surface area contributed by atoms with E-state index in [1.165, 1.54) is 19.8 Å². The Labute approximate surface area is 108 Å². The van der Waals surface area contributed by atoms with Gasteiger partial charge < -0.3 is 20.6 Å². The lowest BCUT2D eigenvalue weighted by molar-refractivity contribution is -0.138. The second-order valence-corrected chi connectivity index (χ2v) is 5.21. The standard InChI is InChI=1S/C12H23N3O3/c1-9(10(16)17)14-11(18)13-8-12(15(2)3)6-4-5-7-12/h9H,4-8H2,1-3H3,(H,16,17)(H2,13,14,18). The summed E-state index contributed by atoms with van der Waals surface area (Å²) >= 11 is 0. The lowest BCUT2D eigenvalue weighted by atomic mass is 9.96. The molecule has 0 aromatic heterocycles. The summed E-state index contributed by atoms with van der Waals surface area (Å²) in [5.41, 5.74) is 0.0177. The van der Waals surface area contributed by atoms with Gasteiger partial charge in [0.05, 0.1) is 0 Å². The van der Waals surface area contributed by atoms with E-state index >= 15 is 0 Å². The van der Waals surface area contributed by atoms with Gasteiger partial charge in [-0.2, -0.15) is 0 Å². The predicted octanol–water partition coefficient (Wildman–Crippen LogP) is 0.633. The molecule has 18 heavy (non-hydrogen) atoms. The fourth-order valence-electron chi connectivity index (χ4n) is 2.37. The average molecular weight is 257 g/mol. The summed E-state index contributed by atoms with van der Waals surface area (Å²) in [5, 5.41) is 13.9. The summed E-state index contributed by atoms with van der Waals surface area (Å²) in [6, 6.07) is -1.29. The second kappa shape index (κ2) is 6.04. The Morgan fingerprint density at radius 3 is 2.33 bits per heavy atom. The summed E-state index contributed by atoms with van der Waals surface area (Å²) in [6.45, 7) is 2.00. The number of amides is 2. The molecule has 2 amide bonds. The summed E-state index contributed by atoms with van der Waals surface area (Å²) in [5.74, 6) is -1.03. The van der Waals surface area contributed by atoms with E-state index in [9.17, 15) is 9.59 Å². The molecule has 1 saturated carbocycles. The molecule has 0 saturated heterocycles. The van der Waals surface area contributed by atoms with Gasteiger partial charge in [-0.25, -0.2) is 4.79 Å². The van der Waals surface area contributed by atoms with E-state index in [2.05, 4.69) is 15.5 Å². The fraction of sp³-hybridized carbons (Fsp3) is 0.833. The first-order chi connectivity index (χ1) is 8.37. The van der Waals surface area contributed by atoms with Crippen LogP contribution in [0.2, 0.25) is 0 Å². The number of nitrogens with zero attached hydrogens (tertiary/aromatic N) is 1. The summed E-state index contributed by atoms with van der Waals surface area (Å²) < 4.78 is 0. The molecule has 1 aliphatic rings. The number of carbonyl (C=O) groups excluding carboxylic acids is 1. The Hall–Kier alpha value is -1.30. The molecule has 1 rings (SSSR count). The maximum atomic E-state index is 11.6. The molecule has 0 spiro atoms. The highest BCUT2D eigenvalue weighted by atomic mass is 16.4. The molecule has 0 aromatic carbocycles. The smallest absolute Gasteiger partial charge is 0.325 e. The summed E-state index contributed by atoms with van der Waals surface area (Å²) in [7, 11) is 4.04. The van der Waals surface area contributed by atoms with Crippen molar-refractivity contribution >= 4 is 12.0 Å². The first kappa shape index (κ1) is 14.8. The minimum atomic E-state index is -1.03. The number of carboxylic acids is 1. The molecule has 0 radical (unpaired) electrons. The van der Waals surface area contributed by atoms with Gasteiger partial charge in [0.2, 0.25) is 0 Å². The van der Waals surface area contributed by atoms with Crippen LogP contribution in [0, 0.1) is 0 Å². The number of hydrogen-bond acceptors (Lipinski definition) is 3. The molecule has 1 unspecified atom stereocenters. The third-order valence-electron chi connectivity index (χ3n) is 3.78. The van der Waals surface area contributed by atoms with Crippen LogP contribution in [-0.4, -0.2) is 54.2 Å². The van der Waals surface area contributed by atoms with Crippen molar-refractivity contribution in [1.29, 1.82) is 0 Å². The summed E-state index contributed by atoms with van der Waals surface area (Å²) in [6.07, 6.45) is 4.48. The zero-order valence-corrected chi connectivity index (χ0v) is 11.3. The van der Waals surface area contributed by atoms with Crippen LogP contribution in [0.4, 0.5) is 4.79 Å². The zero-order chi connectivity index (χ0) is 13.8. The molecule has 6 nitrogen and oxygen atoms in total. The SMILES string of the molecule is CC(NC(=O)NCC1(N(C)C)CCCC1)C(=O)O. The number of carbonyl (C=O) groups is 2. The van der Waals surface area contributed by atoms with E-state index in [4.69, 9.17) is 5.11 Å². The quantitative estimate of drug-likeness (QED) is 0.675.